The second-order valence-electron chi connectivity index (χ2n) is 5.89. The number of rotatable bonds is 5. The second-order valence-corrected chi connectivity index (χ2v) is 6.30. The zero-order valence-electron chi connectivity index (χ0n) is 13.3. The molecule has 1 fully saturated rings. The number of benzene rings is 2. The Hall–Kier alpha value is -2.04. The van der Waals surface area contributed by atoms with E-state index >= 15 is 0 Å². The number of para-hydroxylation sites is 3. The molecule has 1 aliphatic rings. The van der Waals surface area contributed by atoms with E-state index in [-0.39, 0.29) is 6.10 Å². The summed E-state index contributed by atoms with van der Waals surface area (Å²) in [5, 5.41) is 0.632. The molecular weight excluding hydrogens is 324 g/mol. The average Bonchev–Trinajstić information content (AvgIpc) is 3.24. The van der Waals surface area contributed by atoms with Gasteiger partial charge in [-0.1, -0.05) is 35.9 Å². The molecule has 1 atom stereocenters. The SMILES string of the molecule is Clc1ccccc1OCCn1c(C2CCCO2)nc2ccccc21. The van der Waals surface area contributed by atoms with Gasteiger partial charge in [0.1, 0.15) is 24.3 Å². The molecule has 1 saturated heterocycles. The molecule has 1 aliphatic heterocycles. The zero-order chi connectivity index (χ0) is 16.4. The van der Waals surface area contributed by atoms with E-state index in [0.717, 1.165) is 36.3 Å². The number of fused-ring (bicyclic) bond motifs is 1. The lowest BCUT2D eigenvalue weighted by Crippen LogP contribution is -2.13. The van der Waals surface area contributed by atoms with Gasteiger partial charge in [0, 0.05) is 6.61 Å². The summed E-state index contributed by atoms with van der Waals surface area (Å²) in [6.07, 6.45) is 2.19. The number of hydrogen-bond donors (Lipinski definition) is 0. The van der Waals surface area contributed by atoms with E-state index in [4.69, 9.17) is 26.1 Å². The Morgan fingerprint density at radius 1 is 1.17 bits per heavy atom. The maximum absolute atomic E-state index is 6.15. The number of aromatic nitrogens is 2. The third kappa shape index (κ3) is 2.99. The van der Waals surface area contributed by atoms with Crippen LogP contribution in [0.5, 0.6) is 5.75 Å². The van der Waals surface area contributed by atoms with Crippen molar-refractivity contribution in [2.45, 2.75) is 25.5 Å². The van der Waals surface area contributed by atoms with Gasteiger partial charge >= 0.3 is 0 Å². The van der Waals surface area contributed by atoms with Crippen molar-refractivity contribution in [1.29, 1.82) is 0 Å². The Bertz CT molecular complexity index is 840. The van der Waals surface area contributed by atoms with Crippen LogP contribution in [0, 0.1) is 0 Å². The Morgan fingerprint density at radius 2 is 2.00 bits per heavy atom. The number of ether oxygens (including phenoxy) is 2. The molecule has 1 aromatic heterocycles. The monoisotopic (exact) mass is 342 g/mol. The molecule has 0 amide bonds. The second kappa shape index (κ2) is 6.83. The van der Waals surface area contributed by atoms with Gasteiger partial charge < -0.3 is 14.0 Å². The van der Waals surface area contributed by atoms with Crippen LogP contribution in [0.2, 0.25) is 5.02 Å². The highest BCUT2D eigenvalue weighted by molar-refractivity contribution is 6.32. The Balaban J connectivity index is 1.58. The molecule has 4 nitrogen and oxygen atoms in total. The molecule has 2 aromatic carbocycles. The van der Waals surface area contributed by atoms with Crippen molar-refractivity contribution >= 4 is 22.6 Å². The summed E-state index contributed by atoms with van der Waals surface area (Å²) in [5.74, 6) is 1.71. The summed E-state index contributed by atoms with van der Waals surface area (Å²) in [5.41, 5.74) is 2.12. The van der Waals surface area contributed by atoms with Crippen molar-refractivity contribution in [1.82, 2.24) is 9.55 Å². The highest BCUT2D eigenvalue weighted by Crippen LogP contribution is 2.30. The van der Waals surface area contributed by atoms with Gasteiger partial charge in [0.2, 0.25) is 0 Å². The van der Waals surface area contributed by atoms with Crippen molar-refractivity contribution in [2.24, 2.45) is 0 Å². The van der Waals surface area contributed by atoms with Crippen molar-refractivity contribution in [3.63, 3.8) is 0 Å². The van der Waals surface area contributed by atoms with E-state index in [1.807, 2.05) is 42.5 Å². The molecular formula is C19H19ClN2O2. The first-order valence-corrected chi connectivity index (χ1v) is 8.65. The summed E-state index contributed by atoms with van der Waals surface area (Å²) in [6.45, 7) is 2.05. The molecule has 0 N–H and O–H groups in total. The largest absolute Gasteiger partial charge is 0.490 e. The fourth-order valence-electron chi connectivity index (χ4n) is 3.16. The van der Waals surface area contributed by atoms with Crippen LogP contribution in [0.1, 0.15) is 24.8 Å². The molecule has 0 aliphatic carbocycles. The molecule has 2 heterocycles. The van der Waals surface area contributed by atoms with Crippen LogP contribution in [0.3, 0.4) is 0 Å². The summed E-state index contributed by atoms with van der Waals surface area (Å²) in [6, 6.07) is 15.7. The van der Waals surface area contributed by atoms with Gasteiger partial charge in [0.15, 0.2) is 0 Å². The van der Waals surface area contributed by atoms with Crippen LogP contribution in [-0.4, -0.2) is 22.8 Å². The number of nitrogens with zero attached hydrogens (tertiary/aromatic N) is 2. The van der Waals surface area contributed by atoms with Crippen molar-refractivity contribution in [3.8, 4) is 5.75 Å². The van der Waals surface area contributed by atoms with Gasteiger partial charge in [0.25, 0.3) is 0 Å². The lowest BCUT2D eigenvalue weighted by molar-refractivity contribution is 0.101. The average molecular weight is 343 g/mol. The number of imidazole rings is 1. The zero-order valence-corrected chi connectivity index (χ0v) is 14.1. The fraction of sp³-hybridized carbons (Fsp3) is 0.316. The molecule has 0 spiro atoms. The molecule has 0 radical (unpaired) electrons. The lowest BCUT2D eigenvalue weighted by atomic mass is 10.2. The van der Waals surface area contributed by atoms with Crippen LogP contribution in [0.15, 0.2) is 48.5 Å². The topological polar surface area (TPSA) is 36.3 Å². The van der Waals surface area contributed by atoms with Gasteiger partial charge in [-0.2, -0.15) is 0 Å². The standard InChI is InChI=1S/C19H19ClN2O2/c20-14-6-1-4-9-17(14)24-13-11-22-16-8-3-2-7-15(16)21-19(22)18-10-5-12-23-18/h1-4,6-9,18H,5,10-13H2. The third-order valence-corrected chi connectivity index (χ3v) is 4.62. The molecule has 0 saturated carbocycles. The van der Waals surface area contributed by atoms with Crippen molar-refractivity contribution < 1.29 is 9.47 Å². The van der Waals surface area contributed by atoms with Gasteiger partial charge in [-0.15, -0.1) is 0 Å². The van der Waals surface area contributed by atoms with Crippen LogP contribution in [-0.2, 0) is 11.3 Å². The van der Waals surface area contributed by atoms with E-state index in [0.29, 0.717) is 23.9 Å². The van der Waals surface area contributed by atoms with E-state index in [1.54, 1.807) is 0 Å². The minimum atomic E-state index is 0.0812. The minimum absolute atomic E-state index is 0.0812. The maximum Gasteiger partial charge on any atom is 0.139 e. The molecule has 4 rings (SSSR count). The predicted molar refractivity (Wildman–Crippen MR) is 94.6 cm³/mol. The first-order chi connectivity index (χ1) is 11.8. The molecule has 3 aromatic rings. The first kappa shape index (κ1) is 15.5. The van der Waals surface area contributed by atoms with E-state index < -0.39 is 0 Å². The van der Waals surface area contributed by atoms with Crippen LogP contribution >= 0.6 is 11.6 Å². The predicted octanol–water partition coefficient (Wildman–Crippen LogP) is 4.62. The lowest BCUT2D eigenvalue weighted by Gasteiger charge is -2.14. The minimum Gasteiger partial charge on any atom is -0.490 e. The number of hydrogen-bond acceptors (Lipinski definition) is 3. The fourth-order valence-corrected chi connectivity index (χ4v) is 3.36. The Labute approximate surface area is 146 Å². The summed E-state index contributed by atoms with van der Waals surface area (Å²) < 4.78 is 13.9. The van der Waals surface area contributed by atoms with Crippen LogP contribution < -0.4 is 4.74 Å². The van der Waals surface area contributed by atoms with Crippen LogP contribution in [0.25, 0.3) is 11.0 Å². The molecule has 5 heteroatoms. The molecule has 0 bridgehead atoms. The van der Waals surface area contributed by atoms with Crippen molar-refractivity contribution in [3.05, 3.63) is 59.4 Å². The van der Waals surface area contributed by atoms with Gasteiger partial charge in [-0.05, 0) is 37.1 Å². The van der Waals surface area contributed by atoms with E-state index in [1.165, 1.54) is 0 Å². The quantitative estimate of drug-likeness (QED) is 0.678. The highest BCUT2D eigenvalue weighted by Gasteiger charge is 2.24. The van der Waals surface area contributed by atoms with Gasteiger partial charge in [-0.25, -0.2) is 4.98 Å². The molecule has 124 valence electrons. The van der Waals surface area contributed by atoms with E-state index in [2.05, 4.69) is 10.6 Å². The third-order valence-electron chi connectivity index (χ3n) is 4.31. The summed E-state index contributed by atoms with van der Waals surface area (Å²) in [7, 11) is 0. The van der Waals surface area contributed by atoms with Gasteiger partial charge in [0.05, 0.1) is 22.6 Å². The summed E-state index contributed by atoms with van der Waals surface area (Å²) >= 11 is 6.15. The van der Waals surface area contributed by atoms with Crippen molar-refractivity contribution in [2.75, 3.05) is 13.2 Å². The smallest absolute Gasteiger partial charge is 0.139 e. The Kier molecular flexibility index (Phi) is 4.41. The highest BCUT2D eigenvalue weighted by atomic mass is 35.5. The van der Waals surface area contributed by atoms with Gasteiger partial charge in [-0.3, -0.25) is 0 Å². The maximum atomic E-state index is 6.15. The number of halogens is 1. The molecule has 24 heavy (non-hydrogen) atoms. The van der Waals surface area contributed by atoms with Crippen LogP contribution in [0.4, 0.5) is 0 Å². The Morgan fingerprint density at radius 3 is 2.83 bits per heavy atom. The van der Waals surface area contributed by atoms with E-state index in [9.17, 15) is 0 Å². The summed E-state index contributed by atoms with van der Waals surface area (Å²) in [4.78, 5) is 4.79. The normalized spacial score (nSPS) is 17.5. The first-order valence-electron chi connectivity index (χ1n) is 8.27. The molecule has 1 unspecified atom stereocenters.